The van der Waals surface area contributed by atoms with E-state index < -0.39 is 0 Å². The highest BCUT2D eigenvalue weighted by atomic mass is 35.5. The molecule has 0 aromatic carbocycles. The van der Waals surface area contributed by atoms with Gasteiger partial charge in [-0.1, -0.05) is 32.4 Å². The van der Waals surface area contributed by atoms with E-state index in [1.54, 1.807) is 29.3 Å². The molecule has 18 heavy (non-hydrogen) atoms. The largest absolute Gasteiger partial charge is 0.248 e. The third kappa shape index (κ3) is 3.70. The third-order valence-electron chi connectivity index (χ3n) is 2.26. The van der Waals surface area contributed by atoms with Gasteiger partial charge in [0.05, 0.1) is 20.8 Å². The number of pyridine rings is 1. The maximum absolute atomic E-state index is 5.80. The normalized spacial score (nSPS) is 11.8. The molecule has 0 bridgehead atoms. The van der Waals surface area contributed by atoms with Crippen LogP contribution < -0.4 is 0 Å². The van der Waals surface area contributed by atoms with Crippen molar-refractivity contribution in [2.75, 3.05) is 0 Å². The Morgan fingerprint density at radius 1 is 1.33 bits per heavy atom. The average molecular weight is 299 g/mol. The molecule has 0 spiro atoms. The minimum absolute atomic E-state index is 0.131. The van der Waals surface area contributed by atoms with E-state index in [1.807, 2.05) is 12.1 Å². The van der Waals surface area contributed by atoms with Gasteiger partial charge in [-0.05, 0) is 12.1 Å². The van der Waals surface area contributed by atoms with E-state index >= 15 is 0 Å². The zero-order valence-electron chi connectivity index (χ0n) is 10.6. The first-order valence-electron chi connectivity index (χ1n) is 5.64. The van der Waals surface area contributed by atoms with Crippen LogP contribution in [0.25, 0.3) is 0 Å². The first kappa shape index (κ1) is 13.8. The number of aromatic nitrogens is 2. The summed E-state index contributed by atoms with van der Waals surface area (Å²) in [5.74, 6) is 0.848. The van der Waals surface area contributed by atoms with Gasteiger partial charge in [-0.15, -0.1) is 23.1 Å². The number of hydrogen-bond acceptors (Lipinski definition) is 4. The summed E-state index contributed by atoms with van der Waals surface area (Å²) in [6.07, 6.45) is 1.67. The molecule has 0 N–H and O–H groups in total. The molecule has 0 aliphatic carbocycles. The van der Waals surface area contributed by atoms with Crippen molar-refractivity contribution in [2.24, 2.45) is 0 Å². The summed E-state index contributed by atoms with van der Waals surface area (Å²) in [6, 6.07) is 3.79. The summed E-state index contributed by atoms with van der Waals surface area (Å²) in [7, 11) is 0. The topological polar surface area (TPSA) is 25.8 Å². The lowest BCUT2D eigenvalue weighted by Crippen LogP contribution is -2.10. The second-order valence-corrected chi connectivity index (χ2v) is 7.29. The van der Waals surface area contributed by atoms with Gasteiger partial charge in [-0.25, -0.2) is 9.97 Å². The van der Waals surface area contributed by atoms with Gasteiger partial charge in [0.15, 0.2) is 0 Å². The average Bonchev–Trinajstić information content (AvgIpc) is 2.77. The van der Waals surface area contributed by atoms with Gasteiger partial charge in [0, 0.05) is 22.7 Å². The van der Waals surface area contributed by atoms with Gasteiger partial charge < -0.3 is 0 Å². The van der Waals surface area contributed by atoms with Crippen LogP contribution in [-0.4, -0.2) is 9.97 Å². The summed E-state index contributed by atoms with van der Waals surface area (Å²) < 4.78 is 0. The van der Waals surface area contributed by atoms with Crippen molar-refractivity contribution < 1.29 is 0 Å². The predicted molar refractivity (Wildman–Crippen MR) is 79.6 cm³/mol. The lowest BCUT2D eigenvalue weighted by molar-refractivity contribution is 0.584. The van der Waals surface area contributed by atoms with Crippen molar-refractivity contribution in [3.8, 4) is 0 Å². The standard InChI is InChI=1S/C13H15ClN2S2/c1-13(2,3)12-16-10(8-18-12)7-17-11-5-4-9(14)6-15-11/h4-6,8H,7H2,1-3H3. The Kier molecular flexibility index (Phi) is 4.30. The molecule has 0 fully saturated rings. The predicted octanol–water partition coefficient (Wildman–Crippen LogP) is 4.78. The molecule has 0 aliphatic heterocycles. The fourth-order valence-electron chi connectivity index (χ4n) is 1.31. The third-order valence-corrected chi connectivity index (χ3v) is 4.78. The van der Waals surface area contributed by atoms with E-state index in [9.17, 15) is 0 Å². The molecule has 0 amide bonds. The highest BCUT2D eigenvalue weighted by Crippen LogP contribution is 2.28. The van der Waals surface area contributed by atoms with E-state index in [-0.39, 0.29) is 5.41 Å². The Balaban J connectivity index is 1.98. The van der Waals surface area contributed by atoms with E-state index in [4.69, 9.17) is 11.6 Å². The summed E-state index contributed by atoms with van der Waals surface area (Å²) >= 11 is 9.21. The van der Waals surface area contributed by atoms with Crippen molar-refractivity contribution in [1.29, 1.82) is 0 Å². The minimum Gasteiger partial charge on any atom is -0.248 e. The Morgan fingerprint density at radius 2 is 2.11 bits per heavy atom. The highest BCUT2D eigenvalue weighted by molar-refractivity contribution is 7.98. The Hall–Kier alpha value is -0.580. The molecule has 0 saturated carbocycles. The first-order valence-corrected chi connectivity index (χ1v) is 7.89. The Morgan fingerprint density at radius 3 is 2.67 bits per heavy atom. The zero-order chi connectivity index (χ0) is 13.2. The van der Waals surface area contributed by atoms with Gasteiger partial charge in [-0.3, -0.25) is 0 Å². The van der Waals surface area contributed by atoms with E-state index in [0.29, 0.717) is 5.02 Å². The van der Waals surface area contributed by atoms with E-state index in [2.05, 4.69) is 36.1 Å². The van der Waals surface area contributed by atoms with E-state index in [0.717, 1.165) is 16.5 Å². The van der Waals surface area contributed by atoms with Crippen LogP contribution in [0.5, 0.6) is 0 Å². The van der Waals surface area contributed by atoms with Crippen LogP contribution in [0.4, 0.5) is 0 Å². The van der Waals surface area contributed by atoms with Crippen LogP contribution in [0.15, 0.2) is 28.7 Å². The number of hydrogen-bond donors (Lipinski definition) is 0. The Labute approximate surface area is 121 Å². The van der Waals surface area contributed by atoms with E-state index in [1.165, 1.54) is 5.01 Å². The number of thiazole rings is 1. The summed E-state index contributed by atoms with van der Waals surface area (Å²) in [6.45, 7) is 6.55. The maximum atomic E-state index is 5.80. The minimum atomic E-state index is 0.131. The zero-order valence-corrected chi connectivity index (χ0v) is 13.0. The van der Waals surface area contributed by atoms with Crippen molar-refractivity contribution in [2.45, 2.75) is 37.0 Å². The molecule has 5 heteroatoms. The molecule has 0 unspecified atom stereocenters. The smallest absolute Gasteiger partial charge is 0.0982 e. The number of thioether (sulfide) groups is 1. The molecule has 2 aromatic heterocycles. The number of rotatable bonds is 3. The fraction of sp³-hybridized carbons (Fsp3) is 0.385. The second kappa shape index (κ2) is 5.59. The molecule has 96 valence electrons. The van der Waals surface area contributed by atoms with Gasteiger partial charge in [0.2, 0.25) is 0 Å². The van der Waals surface area contributed by atoms with Crippen molar-refractivity contribution in [3.05, 3.63) is 39.4 Å². The fourth-order valence-corrected chi connectivity index (χ4v) is 3.17. The molecule has 0 atom stereocenters. The molecule has 2 heterocycles. The van der Waals surface area contributed by atoms with Crippen LogP contribution in [0, 0.1) is 0 Å². The molecule has 0 radical (unpaired) electrons. The van der Waals surface area contributed by atoms with Crippen LogP contribution in [0.1, 0.15) is 31.5 Å². The summed E-state index contributed by atoms with van der Waals surface area (Å²) in [5, 5.41) is 4.96. The quantitative estimate of drug-likeness (QED) is 0.763. The number of nitrogens with zero attached hydrogens (tertiary/aromatic N) is 2. The lowest BCUT2D eigenvalue weighted by atomic mass is 9.98. The second-order valence-electron chi connectivity index (χ2n) is 5.00. The van der Waals surface area contributed by atoms with Crippen LogP contribution in [-0.2, 0) is 11.2 Å². The lowest BCUT2D eigenvalue weighted by Gasteiger charge is -2.13. The van der Waals surface area contributed by atoms with Crippen molar-refractivity contribution in [1.82, 2.24) is 9.97 Å². The molecule has 2 aromatic rings. The SMILES string of the molecule is CC(C)(C)c1nc(CSc2ccc(Cl)cn2)cs1. The summed E-state index contributed by atoms with van der Waals surface area (Å²) in [5.41, 5.74) is 1.25. The molecule has 2 rings (SSSR count). The Bertz CT molecular complexity index is 515. The molecule has 2 nitrogen and oxygen atoms in total. The monoisotopic (exact) mass is 298 g/mol. The highest BCUT2D eigenvalue weighted by Gasteiger charge is 2.17. The molecule has 0 aliphatic rings. The first-order chi connectivity index (χ1) is 8.45. The van der Waals surface area contributed by atoms with Gasteiger partial charge in [-0.2, -0.15) is 0 Å². The van der Waals surface area contributed by atoms with Gasteiger partial charge >= 0.3 is 0 Å². The molecular weight excluding hydrogens is 284 g/mol. The van der Waals surface area contributed by atoms with Crippen LogP contribution >= 0.6 is 34.7 Å². The molecule has 0 saturated heterocycles. The van der Waals surface area contributed by atoms with Crippen LogP contribution in [0.3, 0.4) is 0 Å². The van der Waals surface area contributed by atoms with Crippen molar-refractivity contribution in [3.63, 3.8) is 0 Å². The van der Waals surface area contributed by atoms with Crippen molar-refractivity contribution >= 4 is 34.7 Å². The van der Waals surface area contributed by atoms with Crippen LogP contribution in [0.2, 0.25) is 5.02 Å². The van der Waals surface area contributed by atoms with Gasteiger partial charge in [0.25, 0.3) is 0 Å². The number of halogens is 1. The summed E-state index contributed by atoms with van der Waals surface area (Å²) in [4.78, 5) is 8.91. The van der Waals surface area contributed by atoms with Gasteiger partial charge in [0.1, 0.15) is 0 Å². The maximum Gasteiger partial charge on any atom is 0.0982 e. The molecular formula is C13H15ClN2S2.